The number of aromatic amines is 2. The minimum absolute atomic E-state index is 0.0261. The van der Waals surface area contributed by atoms with Gasteiger partial charge in [0, 0.05) is 77.9 Å². The van der Waals surface area contributed by atoms with Crippen molar-refractivity contribution in [2.45, 2.75) is 243 Å². The third kappa shape index (κ3) is 35.6. The van der Waals surface area contributed by atoms with Gasteiger partial charge in [0.25, 0.3) is 0 Å². The Hall–Kier alpha value is -13.0. The molecule has 2 aromatic heterocycles. The molecule has 45 nitrogen and oxygen atoms in total. The molecule has 47 heteroatoms. The highest BCUT2D eigenvalue weighted by atomic mass is 32.1. The summed E-state index contributed by atoms with van der Waals surface area (Å²) in [4.78, 5) is 269. The van der Waals surface area contributed by atoms with Gasteiger partial charge in [-0.05, 0) is 124 Å². The van der Waals surface area contributed by atoms with Crippen LogP contribution in [0.4, 0.5) is 0 Å². The van der Waals surface area contributed by atoms with E-state index in [9.17, 15) is 112 Å². The Morgan fingerprint density at radius 1 is 0.438 bits per heavy atom. The zero-order chi connectivity index (χ0) is 102. The van der Waals surface area contributed by atoms with Crippen LogP contribution in [0.5, 0.6) is 5.75 Å². The predicted molar refractivity (Wildman–Crippen MR) is 506 cm³/mol. The van der Waals surface area contributed by atoms with Crippen molar-refractivity contribution in [3.63, 3.8) is 0 Å². The Morgan fingerprint density at radius 3 is 1.34 bits per heavy atom. The van der Waals surface area contributed by atoms with Crippen LogP contribution in [0.3, 0.4) is 0 Å². The van der Waals surface area contributed by atoms with Crippen molar-refractivity contribution in [2.75, 3.05) is 44.3 Å². The lowest BCUT2D eigenvalue weighted by molar-refractivity contribution is -0.142. The number of hydrogen-bond donors (Lipinski definition) is 27. The summed E-state index contributed by atoms with van der Waals surface area (Å²) in [5, 5.41) is 92.9. The van der Waals surface area contributed by atoms with E-state index in [0.717, 1.165) is 11.8 Å². The van der Waals surface area contributed by atoms with Gasteiger partial charge in [0.05, 0.1) is 44.5 Å². The maximum Gasteiger partial charge on any atom is 0.325 e. The van der Waals surface area contributed by atoms with Crippen LogP contribution in [0.25, 0.3) is 21.8 Å². The number of phenols is 1. The molecule has 5 aromatic rings. The van der Waals surface area contributed by atoms with Crippen LogP contribution in [0.15, 0.2) is 85.2 Å². The van der Waals surface area contributed by atoms with Gasteiger partial charge in [-0.1, -0.05) is 104 Å². The number of carboxylic acid groups (broad SMARTS) is 1. The first-order valence-electron chi connectivity index (χ1n) is 45.0. The highest BCUT2D eigenvalue weighted by Crippen LogP contribution is 2.25. The first kappa shape index (κ1) is 113. The fourth-order valence-electron chi connectivity index (χ4n) is 14.9. The number of nitrogens with one attached hydrogen (secondary N) is 18. The number of aromatic nitrogens is 2. The number of aromatic hydroxyl groups is 1. The topological polar surface area (TPSA) is 705 Å². The summed E-state index contributed by atoms with van der Waals surface area (Å²) in [6.07, 6.45) is -1.35. The standard InChI is InChI=1S/C90H131N21O24S2/c1-43(2)29-56(91)76(120)106-67(42-137)84(128)101-59(26-27-69(92)116)78(122)105-65(40-112)82(126)102-60(30-44(3)4)77(121)95-39-72(119)108-73(46(7)8)87(131)110-75(49(11)114)88(132)104-64(32-50-22-24-53(115)25-23-50)89(133)111-28-16-21-68(111)85(129)96-37-70(117)99-62(33-51-35-93-57-19-14-12-17-54(51)57)79(123)103-61(31-45(5)6)81(125)109-74(48(10)113)86(130)97-38-71(118)100-63(34-52-36-94-58-20-15-13-18-55(52)58)80(124)107-66(41-136)83(127)98-47(9)90(134)135/h12-15,17-20,22-25,35-36,43-49,56,59-68,73-75,93-94,112-115,136-137H,16,21,26-34,37-42,91H2,1-11H3,(H2,92,116)(H,95,121)(H,96,129)(H,97,130)(H,98,127)(H,99,117)(H,100,118)(H,101,128)(H,102,126)(H,103,123)(H,104,132)(H,105,122)(H,106,120)(H,107,124)(H,108,119)(H,109,125)(H,110,131)(H,134,135)/t47-,48+,49+,56-,59-,60-,61-,62-,63-,64-,65-,66-,67-,68-,73-,74-,75-/m0/s1. The third-order valence-corrected chi connectivity index (χ3v) is 23.0. The fourth-order valence-corrected chi connectivity index (χ4v) is 15.4. The summed E-state index contributed by atoms with van der Waals surface area (Å²) in [6.45, 7) is 13.5. The molecule has 3 heterocycles. The largest absolute Gasteiger partial charge is 0.508 e. The predicted octanol–water partition coefficient (Wildman–Crippen LogP) is -4.87. The van der Waals surface area contributed by atoms with E-state index in [1.54, 1.807) is 88.6 Å². The van der Waals surface area contributed by atoms with Gasteiger partial charge in [0.15, 0.2) is 0 Å². The number of H-pyrrole nitrogens is 2. The number of nitrogens with zero attached hydrogens (tertiary/aromatic N) is 1. The number of likely N-dealkylation sites (tertiary alicyclic amines) is 1. The number of thiol groups is 2. The summed E-state index contributed by atoms with van der Waals surface area (Å²) in [5.74, 6) is -20.6. The average Bonchev–Trinajstić information content (AvgIpc) is 1.74. The van der Waals surface area contributed by atoms with E-state index in [-0.39, 0.29) is 92.9 Å². The van der Waals surface area contributed by atoms with Crippen LogP contribution in [0.2, 0.25) is 0 Å². The molecule has 0 unspecified atom stereocenters. The number of carbonyl (C=O) groups excluding carboxylic acids is 18. The molecule has 0 aliphatic carbocycles. The number of hydrogen-bond acceptors (Lipinski definition) is 26. The van der Waals surface area contributed by atoms with Gasteiger partial charge in [-0.15, -0.1) is 0 Å². The first-order valence-corrected chi connectivity index (χ1v) is 46.3. The maximum atomic E-state index is 15.0. The molecule has 17 atom stereocenters. The minimum atomic E-state index is -1.86. The van der Waals surface area contributed by atoms with E-state index in [1.807, 2.05) is 13.8 Å². The number of rotatable bonds is 55. The molecule has 18 amide bonds. The number of carboxylic acids is 1. The molecule has 1 fully saturated rings. The van der Waals surface area contributed by atoms with Gasteiger partial charge < -0.3 is 137 Å². The van der Waals surface area contributed by atoms with Crippen LogP contribution in [0.1, 0.15) is 138 Å². The number of aliphatic hydroxyl groups is 3. The van der Waals surface area contributed by atoms with E-state index in [4.69, 9.17) is 11.5 Å². The summed E-state index contributed by atoms with van der Waals surface area (Å²) < 4.78 is 0. The van der Waals surface area contributed by atoms with Crippen molar-refractivity contribution >= 4 is 159 Å². The normalized spacial score (nSPS) is 16.0. The molecule has 137 heavy (non-hydrogen) atoms. The number of benzene rings is 3. The van der Waals surface area contributed by atoms with Gasteiger partial charge in [-0.3, -0.25) is 91.1 Å². The van der Waals surface area contributed by atoms with Crippen molar-refractivity contribution < 1.29 is 117 Å². The molecule has 0 radical (unpaired) electrons. The van der Waals surface area contributed by atoms with E-state index < -0.39 is 260 Å². The van der Waals surface area contributed by atoms with Crippen LogP contribution in [0, 0.1) is 23.7 Å². The number of para-hydroxylation sites is 2. The van der Waals surface area contributed by atoms with Crippen molar-refractivity contribution in [3.05, 3.63) is 102 Å². The Morgan fingerprint density at radius 2 is 0.847 bits per heavy atom. The molecule has 1 aliphatic heterocycles. The number of carbonyl (C=O) groups is 19. The zero-order valence-corrected chi connectivity index (χ0v) is 80.0. The van der Waals surface area contributed by atoms with Gasteiger partial charge in [0.2, 0.25) is 106 Å². The van der Waals surface area contributed by atoms with Crippen LogP contribution >= 0.6 is 25.3 Å². The molecule has 0 spiro atoms. The Labute approximate surface area is 802 Å². The molecule has 3 aromatic carbocycles. The lowest BCUT2D eigenvalue weighted by Gasteiger charge is -2.31. The summed E-state index contributed by atoms with van der Waals surface area (Å²) in [6, 6.07) is -2.70. The molecule has 0 saturated carbocycles. The Balaban J connectivity index is 1.11. The van der Waals surface area contributed by atoms with E-state index in [2.05, 4.69) is 120 Å². The second-order valence-corrected chi connectivity index (χ2v) is 36.1. The van der Waals surface area contributed by atoms with Crippen molar-refractivity contribution in [2.24, 2.45) is 35.1 Å². The first-order chi connectivity index (χ1) is 64.6. The van der Waals surface area contributed by atoms with Gasteiger partial charge in [-0.25, -0.2) is 0 Å². The maximum absolute atomic E-state index is 15.0. The van der Waals surface area contributed by atoms with Crippen molar-refractivity contribution in [1.82, 2.24) is 99.9 Å². The number of aliphatic carboxylic acids is 1. The summed E-state index contributed by atoms with van der Waals surface area (Å²) >= 11 is 8.32. The second-order valence-electron chi connectivity index (χ2n) is 35.4. The molecular weight excluding hydrogens is 1820 g/mol. The summed E-state index contributed by atoms with van der Waals surface area (Å²) in [5.41, 5.74) is 14.1. The highest BCUT2D eigenvalue weighted by molar-refractivity contribution is 7.80. The molecule has 0 bridgehead atoms. The second kappa shape index (κ2) is 54.7. The zero-order valence-electron chi connectivity index (χ0n) is 78.2. The highest BCUT2D eigenvalue weighted by Gasteiger charge is 2.42. The molecular formula is C90H131N21O24S2. The van der Waals surface area contributed by atoms with Gasteiger partial charge in [-0.2, -0.15) is 25.3 Å². The lowest BCUT2D eigenvalue weighted by atomic mass is 10.00. The number of fused-ring (bicyclic) bond motifs is 2. The van der Waals surface area contributed by atoms with Gasteiger partial charge >= 0.3 is 5.97 Å². The number of amides is 18. The number of aliphatic hydroxyl groups excluding tert-OH is 3. The van der Waals surface area contributed by atoms with Crippen LogP contribution in [-0.4, -0.2) is 300 Å². The fraction of sp³-hybridized carbons (Fsp3) is 0.544. The van der Waals surface area contributed by atoms with Crippen molar-refractivity contribution in [3.8, 4) is 5.75 Å². The molecule has 27 N–H and O–H groups in total. The molecule has 1 aliphatic rings. The Kier molecular flexibility index (Phi) is 45.0. The van der Waals surface area contributed by atoms with E-state index in [0.29, 0.717) is 38.5 Å². The van der Waals surface area contributed by atoms with E-state index in [1.165, 1.54) is 52.0 Å². The summed E-state index contributed by atoms with van der Waals surface area (Å²) in [7, 11) is 0. The smallest absolute Gasteiger partial charge is 0.325 e. The lowest BCUT2D eigenvalue weighted by Crippen LogP contribution is -2.62. The molecule has 6 rings (SSSR count). The molecule has 1 saturated heterocycles. The third-order valence-electron chi connectivity index (χ3n) is 22.2. The van der Waals surface area contributed by atoms with Crippen LogP contribution in [-0.2, 0) is 110 Å². The average molecular weight is 1960 g/mol. The van der Waals surface area contributed by atoms with Crippen molar-refractivity contribution in [1.29, 1.82) is 0 Å². The quantitative estimate of drug-likeness (QED) is 0.0162. The monoisotopic (exact) mass is 1950 g/mol. The molecule has 752 valence electrons. The number of primary amides is 1. The van der Waals surface area contributed by atoms with E-state index >= 15 is 4.79 Å². The number of phenolic OH excluding ortho intramolecular Hbond substituents is 1. The SMILES string of the molecule is CC(C)C[C@H](NC(=O)[C@H](CO)NC(=O)[C@H](CCC(N)=O)NC(=O)[C@H](CS)NC(=O)[C@@H](N)CC(C)C)C(=O)NCC(=O)N[C@H](C(=O)N[C@H](C(=O)N[C@@H](Cc1ccc(O)cc1)C(=O)N1CCC[C@H]1C(=O)NCC(=O)N[C@@H](Cc1c[nH]c2ccccc12)C(=O)N[C@@H](CC(C)C)C(=O)N[C@H](C(=O)NCC(=O)N[C@@H](Cc1c[nH]c2ccccc12)C(=O)N[C@@H](CS)C(=O)N[C@@H](C)C(=O)O)[C@@H](C)O)[C@@H](C)O)C(C)C. The minimum Gasteiger partial charge on any atom is -0.508 e. The van der Waals surface area contributed by atoms with Crippen LogP contribution < -0.4 is 96.5 Å². The Bertz CT molecular complexity index is 5070. The number of nitrogens with two attached hydrogens (primary N) is 2. The van der Waals surface area contributed by atoms with Gasteiger partial charge in [0.1, 0.15) is 90.3 Å².